The van der Waals surface area contributed by atoms with Crippen molar-refractivity contribution < 1.29 is 9.59 Å². The van der Waals surface area contributed by atoms with Crippen LogP contribution in [-0.2, 0) is 4.79 Å². The number of hydrogen-bond acceptors (Lipinski definition) is 3. The van der Waals surface area contributed by atoms with Crippen LogP contribution < -0.4 is 5.73 Å². The number of piperidine rings is 1. The molecular weight excluding hydrogens is 322 g/mol. The predicted molar refractivity (Wildman–Crippen MR) is 95.9 cm³/mol. The molecule has 0 bridgehead atoms. The van der Waals surface area contributed by atoms with Crippen LogP contribution >= 0.6 is 11.8 Å². The number of benzene rings is 1. The molecule has 0 saturated carbocycles. The molecule has 130 valence electrons. The first-order chi connectivity index (χ1) is 11.5. The number of amides is 3. The van der Waals surface area contributed by atoms with Crippen molar-refractivity contribution in [3.05, 3.63) is 29.8 Å². The minimum Gasteiger partial charge on any atom is -0.351 e. The number of urea groups is 1. The highest BCUT2D eigenvalue weighted by molar-refractivity contribution is 8.00. The van der Waals surface area contributed by atoms with Crippen molar-refractivity contribution in [2.75, 3.05) is 19.6 Å². The van der Waals surface area contributed by atoms with Crippen molar-refractivity contribution in [3.8, 4) is 0 Å². The minimum absolute atomic E-state index is 0.0744. The Hall–Kier alpha value is -1.69. The van der Waals surface area contributed by atoms with Crippen molar-refractivity contribution in [3.63, 3.8) is 0 Å². The number of carbonyl (C=O) groups excluding carboxylic acids is 2. The number of thioether (sulfide) groups is 1. The number of rotatable bonds is 3. The van der Waals surface area contributed by atoms with E-state index in [1.54, 1.807) is 0 Å². The Bertz CT molecular complexity index is 614. The van der Waals surface area contributed by atoms with Crippen LogP contribution in [0.4, 0.5) is 4.79 Å². The van der Waals surface area contributed by atoms with Crippen LogP contribution in [-0.4, -0.2) is 52.7 Å². The van der Waals surface area contributed by atoms with Gasteiger partial charge in [0.05, 0.1) is 0 Å². The van der Waals surface area contributed by atoms with E-state index in [9.17, 15) is 9.59 Å². The van der Waals surface area contributed by atoms with E-state index in [0.717, 1.165) is 38.8 Å². The van der Waals surface area contributed by atoms with Crippen molar-refractivity contribution >= 4 is 23.7 Å². The van der Waals surface area contributed by atoms with E-state index in [-0.39, 0.29) is 11.9 Å². The Kier molecular flexibility index (Phi) is 5.33. The molecule has 24 heavy (non-hydrogen) atoms. The Morgan fingerprint density at radius 2 is 1.92 bits per heavy atom. The summed E-state index contributed by atoms with van der Waals surface area (Å²) < 4.78 is 0. The number of hydrogen-bond donors (Lipinski definition) is 1. The Labute approximate surface area is 147 Å². The van der Waals surface area contributed by atoms with Gasteiger partial charge in [-0.15, -0.1) is 11.8 Å². The molecule has 5 nitrogen and oxygen atoms in total. The zero-order valence-corrected chi connectivity index (χ0v) is 14.9. The summed E-state index contributed by atoms with van der Waals surface area (Å²) in [6.07, 6.45) is 3.58. The molecule has 0 aromatic heterocycles. The minimum atomic E-state index is -0.476. The van der Waals surface area contributed by atoms with Crippen molar-refractivity contribution in [2.24, 2.45) is 5.73 Å². The monoisotopic (exact) mass is 347 g/mol. The molecule has 1 atom stereocenters. The number of carbonyl (C=O) groups is 2. The number of nitrogens with two attached hydrogens (primary N) is 1. The highest BCUT2D eigenvalue weighted by Crippen LogP contribution is 2.31. The second kappa shape index (κ2) is 7.47. The molecule has 2 aliphatic rings. The summed E-state index contributed by atoms with van der Waals surface area (Å²) in [6, 6.07) is 7.75. The van der Waals surface area contributed by atoms with Gasteiger partial charge in [-0.1, -0.05) is 17.7 Å². The lowest BCUT2D eigenvalue weighted by atomic mass is 10.1. The van der Waals surface area contributed by atoms with E-state index >= 15 is 0 Å². The van der Waals surface area contributed by atoms with Crippen molar-refractivity contribution in [1.82, 2.24) is 9.80 Å². The number of nitrogens with zero attached hydrogens (tertiary/aromatic N) is 2. The van der Waals surface area contributed by atoms with Crippen LogP contribution in [0.15, 0.2) is 29.2 Å². The van der Waals surface area contributed by atoms with Crippen molar-refractivity contribution in [2.45, 2.75) is 48.8 Å². The lowest BCUT2D eigenvalue weighted by molar-refractivity contribution is -0.135. The third-order valence-electron chi connectivity index (χ3n) is 4.87. The molecule has 1 unspecified atom stereocenters. The summed E-state index contributed by atoms with van der Waals surface area (Å²) >= 11 is 1.91. The maximum Gasteiger partial charge on any atom is 0.315 e. The average Bonchev–Trinajstić information content (AvgIpc) is 3.05. The lowest BCUT2D eigenvalue weighted by Gasteiger charge is -2.35. The van der Waals surface area contributed by atoms with E-state index in [0.29, 0.717) is 11.8 Å². The third-order valence-corrected chi connectivity index (χ3v) is 6.20. The van der Waals surface area contributed by atoms with Gasteiger partial charge in [0, 0.05) is 29.8 Å². The van der Waals surface area contributed by atoms with E-state index in [2.05, 4.69) is 31.2 Å². The molecule has 2 N–H and O–H groups in total. The summed E-state index contributed by atoms with van der Waals surface area (Å²) in [5.41, 5.74) is 6.67. The van der Waals surface area contributed by atoms with Gasteiger partial charge in [-0.3, -0.25) is 4.79 Å². The smallest absolute Gasteiger partial charge is 0.315 e. The molecule has 6 heteroatoms. The molecule has 0 radical (unpaired) electrons. The molecule has 0 aliphatic carbocycles. The zero-order chi connectivity index (χ0) is 17.1. The van der Waals surface area contributed by atoms with Gasteiger partial charge in [-0.25, -0.2) is 4.79 Å². The van der Waals surface area contributed by atoms with Crippen LogP contribution in [0.25, 0.3) is 0 Å². The maximum atomic E-state index is 12.7. The van der Waals surface area contributed by atoms with Crippen LogP contribution in [0.1, 0.15) is 31.2 Å². The van der Waals surface area contributed by atoms with Gasteiger partial charge in [0.1, 0.15) is 6.04 Å². The standard InChI is InChI=1S/C18H25N3O2S/c1-13-4-2-5-15(12-13)24-14-7-10-20(11-8-14)17(22)16-6-3-9-21(16)18(19)23/h2,4-5,12,14,16H,3,6-11H2,1H3,(H2,19,23). The first-order valence-electron chi connectivity index (χ1n) is 8.63. The first-order valence-corrected chi connectivity index (χ1v) is 9.51. The third kappa shape index (κ3) is 3.86. The molecular formula is C18H25N3O2S. The highest BCUT2D eigenvalue weighted by Gasteiger charge is 2.36. The second-order valence-electron chi connectivity index (χ2n) is 6.65. The topological polar surface area (TPSA) is 66.6 Å². The predicted octanol–water partition coefficient (Wildman–Crippen LogP) is 2.62. The molecule has 1 aromatic carbocycles. The first kappa shape index (κ1) is 17.1. The summed E-state index contributed by atoms with van der Waals surface area (Å²) in [4.78, 5) is 28.9. The normalized spacial score (nSPS) is 22.0. The van der Waals surface area contributed by atoms with Gasteiger partial charge in [0.15, 0.2) is 0 Å². The Morgan fingerprint density at radius 1 is 1.17 bits per heavy atom. The average molecular weight is 347 g/mol. The van der Waals surface area contributed by atoms with E-state index in [1.807, 2.05) is 16.7 Å². The Morgan fingerprint density at radius 3 is 2.58 bits per heavy atom. The quantitative estimate of drug-likeness (QED) is 0.914. The summed E-state index contributed by atoms with van der Waals surface area (Å²) in [7, 11) is 0. The molecule has 0 spiro atoms. The number of aryl methyl sites for hydroxylation is 1. The van der Waals surface area contributed by atoms with Crippen LogP contribution in [0, 0.1) is 6.92 Å². The SMILES string of the molecule is Cc1cccc(SC2CCN(C(=O)C3CCCN3C(N)=O)CC2)c1. The molecule has 2 aliphatic heterocycles. The fourth-order valence-electron chi connectivity index (χ4n) is 3.57. The van der Waals surface area contributed by atoms with Crippen LogP contribution in [0.5, 0.6) is 0 Å². The van der Waals surface area contributed by atoms with Crippen LogP contribution in [0.3, 0.4) is 0 Å². The summed E-state index contributed by atoms with van der Waals surface area (Å²) in [5, 5.41) is 0.548. The van der Waals surface area contributed by atoms with Crippen LogP contribution in [0.2, 0.25) is 0 Å². The number of primary amides is 1. The summed E-state index contributed by atoms with van der Waals surface area (Å²) in [5.74, 6) is 0.0744. The fraction of sp³-hybridized carbons (Fsp3) is 0.556. The molecule has 2 saturated heterocycles. The lowest BCUT2D eigenvalue weighted by Crippen LogP contribution is -2.51. The highest BCUT2D eigenvalue weighted by atomic mass is 32.2. The second-order valence-corrected chi connectivity index (χ2v) is 8.02. The largest absolute Gasteiger partial charge is 0.351 e. The van der Waals surface area contributed by atoms with Gasteiger partial charge < -0.3 is 15.5 Å². The van der Waals surface area contributed by atoms with Crippen molar-refractivity contribution in [1.29, 1.82) is 0 Å². The van der Waals surface area contributed by atoms with E-state index in [4.69, 9.17) is 5.73 Å². The van der Waals surface area contributed by atoms with E-state index < -0.39 is 6.03 Å². The Balaban J connectivity index is 1.53. The maximum absolute atomic E-state index is 12.7. The molecule has 3 rings (SSSR count). The fourth-order valence-corrected chi connectivity index (χ4v) is 4.82. The molecule has 2 heterocycles. The molecule has 1 aromatic rings. The molecule has 3 amide bonds. The molecule has 2 fully saturated rings. The van der Waals surface area contributed by atoms with Gasteiger partial charge in [-0.2, -0.15) is 0 Å². The summed E-state index contributed by atoms with van der Waals surface area (Å²) in [6.45, 7) is 4.25. The van der Waals surface area contributed by atoms with Gasteiger partial charge in [0.25, 0.3) is 0 Å². The van der Waals surface area contributed by atoms with E-state index in [1.165, 1.54) is 15.4 Å². The zero-order valence-electron chi connectivity index (χ0n) is 14.1. The van der Waals surface area contributed by atoms with Gasteiger partial charge in [-0.05, 0) is 44.7 Å². The van der Waals surface area contributed by atoms with Gasteiger partial charge >= 0.3 is 6.03 Å². The number of likely N-dealkylation sites (tertiary alicyclic amines) is 2. The van der Waals surface area contributed by atoms with Gasteiger partial charge in [0.2, 0.25) is 5.91 Å².